The van der Waals surface area contributed by atoms with Crippen molar-refractivity contribution >= 4 is 11.9 Å². The lowest BCUT2D eigenvalue weighted by Gasteiger charge is -2.70. The fourth-order valence-corrected chi connectivity index (χ4v) is 11.5. The molecule has 3 heterocycles. The highest BCUT2D eigenvalue weighted by atomic mass is 16.7. The summed E-state index contributed by atoms with van der Waals surface area (Å²) < 4.78 is 34.7. The second-order valence-corrected chi connectivity index (χ2v) is 15.4. The zero-order valence-corrected chi connectivity index (χ0v) is 27.0. The third-order valence-electron chi connectivity index (χ3n) is 13.4. The molecule has 8 nitrogen and oxygen atoms in total. The maximum absolute atomic E-state index is 12.9. The molecule has 9 aliphatic rings. The van der Waals surface area contributed by atoms with Crippen LogP contribution in [0.15, 0.2) is 60.7 Å². The summed E-state index contributed by atoms with van der Waals surface area (Å²) in [7, 11) is 0. The molecule has 8 heteroatoms. The summed E-state index contributed by atoms with van der Waals surface area (Å²) in [4.78, 5) is 25.8. The van der Waals surface area contributed by atoms with Crippen LogP contribution < -0.4 is 18.9 Å². The molecule has 6 aliphatic carbocycles. The molecule has 3 saturated carbocycles. The minimum absolute atomic E-state index is 0.152. The first-order valence-electron chi connectivity index (χ1n) is 18.1. The van der Waals surface area contributed by atoms with E-state index >= 15 is 0 Å². The number of rotatable bonds is 4. The van der Waals surface area contributed by atoms with Crippen LogP contribution in [0.4, 0.5) is 0 Å². The van der Waals surface area contributed by atoms with Gasteiger partial charge in [-0.2, -0.15) is 0 Å². The van der Waals surface area contributed by atoms with E-state index in [2.05, 4.69) is 48.6 Å². The Morgan fingerprint density at radius 1 is 0.500 bits per heavy atom. The standard InChI is InChI=1S/C40H42O8/c41-35-3-1-2-4-36(42)44-18-30-28(14-22-6-12-32-34(16-22)48-20-46-32)38-24-9-10-26(40(30)38)37-23(24)7-8-25-27(29(17-43-35)39(25)37)13-21-5-11-31-33(15-21)47-19-45-31/h5-12,15-16,23-30,37-40H,1-4,13-14,17-20H2/t23-,24+,25-,26-,27+,28-,29-,30-,37-,38-,39-,40+/m0/s1. The third kappa shape index (κ3) is 4.53. The number of hydrogen-bond donors (Lipinski definition) is 0. The van der Waals surface area contributed by atoms with Gasteiger partial charge in [-0.25, -0.2) is 0 Å². The largest absolute Gasteiger partial charge is 0.465 e. The molecule has 11 rings (SSSR count). The van der Waals surface area contributed by atoms with E-state index in [4.69, 9.17) is 28.4 Å². The molecule has 3 aliphatic heterocycles. The Bertz CT molecular complexity index is 1700. The van der Waals surface area contributed by atoms with Gasteiger partial charge in [-0.1, -0.05) is 36.4 Å². The fraction of sp³-hybridized carbons (Fsp3) is 0.550. The molecule has 250 valence electrons. The van der Waals surface area contributed by atoms with Crippen molar-refractivity contribution < 1.29 is 38.0 Å². The molecule has 0 aromatic heterocycles. The van der Waals surface area contributed by atoms with Crippen molar-refractivity contribution in [1.29, 1.82) is 0 Å². The van der Waals surface area contributed by atoms with Crippen molar-refractivity contribution in [3.8, 4) is 23.0 Å². The number of fused-ring (bicyclic) bond motifs is 2. The number of cyclic esters (lactones) is 2. The van der Waals surface area contributed by atoms with Crippen LogP contribution in [0.1, 0.15) is 36.8 Å². The highest BCUT2D eigenvalue weighted by Gasteiger charge is 2.68. The summed E-state index contributed by atoms with van der Waals surface area (Å²) in [6, 6.07) is 12.7. The number of ether oxygens (including phenoxy) is 6. The molecule has 2 aromatic carbocycles. The average molecular weight is 651 g/mol. The Kier molecular flexibility index (Phi) is 6.84. The van der Waals surface area contributed by atoms with Crippen molar-refractivity contribution in [3.05, 3.63) is 71.8 Å². The minimum atomic E-state index is -0.154. The Hall–Kier alpha value is -3.94. The van der Waals surface area contributed by atoms with Crippen LogP contribution in [-0.2, 0) is 31.9 Å². The van der Waals surface area contributed by atoms with Gasteiger partial charge in [-0.05, 0) is 120 Å². The molecule has 0 N–H and O–H groups in total. The lowest BCUT2D eigenvalue weighted by Crippen LogP contribution is -2.68. The zero-order chi connectivity index (χ0) is 31.9. The van der Waals surface area contributed by atoms with Crippen molar-refractivity contribution in [2.45, 2.75) is 38.5 Å². The maximum atomic E-state index is 12.9. The third-order valence-corrected chi connectivity index (χ3v) is 13.4. The topological polar surface area (TPSA) is 89.5 Å². The van der Waals surface area contributed by atoms with Gasteiger partial charge in [0.15, 0.2) is 23.0 Å². The number of esters is 2. The predicted octanol–water partition coefficient (Wildman–Crippen LogP) is 6.16. The second kappa shape index (κ2) is 11.3. The molecule has 0 unspecified atom stereocenters. The molecule has 2 aromatic rings. The number of benzene rings is 2. The minimum Gasteiger partial charge on any atom is -0.465 e. The molecule has 0 spiro atoms. The van der Waals surface area contributed by atoms with Gasteiger partial charge < -0.3 is 28.4 Å². The van der Waals surface area contributed by atoms with Crippen LogP contribution in [0.5, 0.6) is 23.0 Å². The predicted molar refractivity (Wildman–Crippen MR) is 173 cm³/mol. The molecule has 4 bridgehead atoms. The Labute approximate surface area is 280 Å². The normalized spacial score (nSPS) is 39.7. The molecule has 0 radical (unpaired) electrons. The smallest absolute Gasteiger partial charge is 0.305 e. The van der Waals surface area contributed by atoms with Crippen molar-refractivity contribution in [2.24, 2.45) is 71.0 Å². The van der Waals surface area contributed by atoms with Crippen LogP contribution in [0.2, 0.25) is 0 Å². The monoisotopic (exact) mass is 650 g/mol. The number of allylic oxidation sites excluding steroid dienone is 4. The Morgan fingerprint density at radius 2 is 1.00 bits per heavy atom. The summed E-state index contributed by atoms with van der Waals surface area (Å²) in [5.41, 5.74) is 2.50. The summed E-state index contributed by atoms with van der Waals surface area (Å²) in [6.45, 7) is 1.49. The average Bonchev–Trinajstić information content (AvgIpc) is 3.76. The van der Waals surface area contributed by atoms with Gasteiger partial charge >= 0.3 is 11.9 Å². The molecular formula is C40H42O8. The van der Waals surface area contributed by atoms with E-state index in [9.17, 15) is 9.59 Å². The van der Waals surface area contributed by atoms with Gasteiger partial charge in [0.05, 0.1) is 13.2 Å². The van der Waals surface area contributed by atoms with Crippen LogP contribution in [-0.4, -0.2) is 38.7 Å². The van der Waals surface area contributed by atoms with Gasteiger partial charge in [0.1, 0.15) is 0 Å². The molecular weight excluding hydrogens is 608 g/mol. The second-order valence-electron chi connectivity index (χ2n) is 15.4. The molecule has 48 heavy (non-hydrogen) atoms. The van der Waals surface area contributed by atoms with Gasteiger partial charge in [0.25, 0.3) is 0 Å². The van der Waals surface area contributed by atoms with E-state index in [1.807, 2.05) is 12.1 Å². The van der Waals surface area contributed by atoms with Gasteiger partial charge in [0.2, 0.25) is 13.6 Å². The number of carbonyl (C=O) groups is 2. The quantitative estimate of drug-likeness (QED) is 0.287. The Balaban J connectivity index is 0.971. The number of carbonyl (C=O) groups excluding carboxylic acids is 2. The highest BCUT2D eigenvalue weighted by molar-refractivity contribution is 5.70. The van der Waals surface area contributed by atoms with Crippen LogP contribution >= 0.6 is 0 Å². The van der Waals surface area contributed by atoms with E-state index in [-0.39, 0.29) is 25.5 Å². The van der Waals surface area contributed by atoms with Crippen LogP contribution in [0.3, 0.4) is 0 Å². The van der Waals surface area contributed by atoms with E-state index in [1.54, 1.807) is 0 Å². The first-order chi connectivity index (χ1) is 23.6. The molecule has 0 amide bonds. The van der Waals surface area contributed by atoms with E-state index in [0.29, 0.717) is 110 Å². The fourth-order valence-electron chi connectivity index (χ4n) is 11.5. The van der Waals surface area contributed by atoms with Crippen LogP contribution in [0.25, 0.3) is 0 Å². The first kappa shape index (κ1) is 29.0. The lowest BCUT2D eigenvalue weighted by molar-refractivity contribution is -0.206. The molecule has 12 atom stereocenters. The van der Waals surface area contributed by atoms with Gasteiger partial charge in [-0.3, -0.25) is 9.59 Å². The van der Waals surface area contributed by atoms with Gasteiger partial charge in [-0.15, -0.1) is 0 Å². The summed E-state index contributed by atoms with van der Waals surface area (Å²) in [6.07, 6.45) is 13.9. The lowest BCUT2D eigenvalue weighted by atomic mass is 9.34. The van der Waals surface area contributed by atoms with Crippen molar-refractivity contribution in [2.75, 3.05) is 26.8 Å². The summed E-state index contributed by atoms with van der Waals surface area (Å²) >= 11 is 0. The van der Waals surface area contributed by atoms with Gasteiger partial charge in [0, 0.05) is 24.7 Å². The zero-order valence-electron chi connectivity index (χ0n) is 27.0. The van der Waals surface area contributed by atoms with E-state index in [1.165, 1.54) is 11.1 Å². The summed E-state index contributed by atoms with van der Waals surface area (Å²) in [5, 5.41) is 0. The first-order valence-corrected chi connectivity index (χ1v) is 18.1. The molecule has 1 saturated heterocycles. The Morgan fingerprint density at radius 3 is 1.65 bits per heavy atom. The maximum Gasteiger partial charge on any atom is 0.305 e. The van der Waals surface area contributed by atoms with E-state index in [0.717, 1.165) is 35.8 Å². The van der Waals surface area contributed by atoms with E-state index < -0.39 is 0 Å². The molecule has 4 fully saturated rings. The highest BCUT2D eigenvalue weighted by Crippen LogP contribution is 2.71. The van der Waals surface area contributed by atoms with Crippen molar-refractivity contribution in [3.63, 3.8) is 0 Å². The van der Waals surface area contributed by atoms with Crippen LogP contribution in [0, 0.1) is 71.0 Å². The van der Waals surface area contributed by atoms with Crippen molar-refractivity contribution in [1.82, 2.24) is 0 Å². The number of hydrogen-bond acceptors (Lipinski definition) is 8. The summed E-state index contributed by atoms with van der Waals surface area (Å²) in [5.74, 6) is 8.25. The SMILES string of the molecule is O=C1CCCCC(=O)OC[C@H]2[C@H](Cc3ccc4c(c3)OCO4)[C@@H]3C=C[C@H]4[C@H]5C=C[C@@H]([C@H]4[C@@H]32)[C@@H]2[C@@H](CO1)[C@H](Cc1ccc3c(c1)OCO3)[C@H]52.